The molecule has 5 heteroatoms. The van der Waals surface area contributed by atoms with E-state index in [1.54, 1.807) is 62.6 Å². The molecular formula is C16H15ClN2O2. The van der Waals surface area contributed by atoms with Gasteiger partial charge in [-0.25, -0.2) is 4.79 Å². The van der Waals surface area contributed by atoms with Crippen LogP contribution < -0.4 is 0 Å². The predicted molar refractivity (Wildman–Crippen MR) is 84.3 cm³/mol. The van der Waals surface area contributed by atoms with Crippen LogP contribution in [0.2, 0.25) is 5.02 Å². The standard InChI is InChI=1S/C16H15ClN2O2/c1-19(2)16(21)18-15(11-7-9-12(17)10-8-11)13-5-3-4-6-14(13)20/h3-10,20H,1-2H3/b18-15+. The van der Waals surface area contributed by atoms with E-state index in [4.69, 9.17) is 11.6 Å². The van der Waals surface area contributed by atoms with Gasteiger partial charge in [-0.1, -0.05) is 35.9 Å². The number of amides is 2. The number of phenolic OH excluding ortho intramolecular Hbond substituents is 1. The molecule has 0 radical (unpaired) electrons. The number of carbonyl (C=O) groups is 1. The normalized spacial score (nSPS) is 11.3. The highest BCUT2D eigenvalue weighted by Gasteiger charge is 2.14. The molecule has 4 nitrogen and oxygen atoms in total. The van der Waals surface area contributed by atoms with Gasteiger partial charge in [0.2, 0.25) is 0 Å². The van der Waals surface area contributed by atoms with Crippen molar-refractivity contribution in [2.45, 2.75) is 0 Å². The lowest BCUT2D eigenvalue weighted by atomic mass is 10.0. The van der Waals surface area contributed by atoms with Gasteiger partial charge >= 0.3 is 6.03 Å². The van der Waals surface area contributed by atoms with Crippen LogP contribution in [0.1, 0.15) is 11.1 Å². The Morgan fingerprint density at radius 1 is 1.10 bits per heavy atom. The molecule has 2 aromatic rings. The number of benzene rings is 2. The van der Waals surface area contributed by atoms with Crippen LogP contribution in [0.25, 0.3) is 0 Å². The van der Waals surface area contributed by atoms with E-state index in [2.05, 4.69) is 4.99 Å². The fraction of sp³-hybridized carbons (Fsp3) is 0.125. The van der Waals surface area contributed by atoms with Crippen LogP contribution in [0, 0.1) is 0 Å². The minimum atomic E-state index is -0.400. The Kier molecular flexibility index (Phi) is 4.60. The Hall–Kier alpha value is -2.33. The van der Waals surface area contributed by atoms with Gasteiger partial charge in [0.1, 0.15) is 5.75 Å². The van der Waals surface area contributed by atoms with E-state index in [9.17, 15) is 9.90 Å². The molecule has 2 rings (SSSR count). The summed E-state index contributed by atoms with van der Waals surface area (Å²) in [4.78, 5) is 17.4. The Balaban J connectivity index is 2.57. The summed E-state index contributed by atoms with van der Waals surface area (Å²) in [6.45, 7) is 0. The zero-order valence-electron chi connectivity index (χ0n) is 11.7. The van der Waals surface area contributed by atoms with E-state index < -0.39 is 6.03 Å². The van der Waals surface area contributed by atoms with Crippen LogP contribution in [-0.4, -0.2) is 35.8 Å². The van der Waals surface area contributed by atoms with Crippen LogP contribution in [0.5, 0.6) is 5.75 Å². The van der Waals surface area contributed by atoms with Gasteiger partial charge < -0.3 is 10.0 Å². The maximum atomic E-state index is 11.9. The summed E-state index contributed by atoms with van der Waals surface area (Å²) in [6.07, 6.45) is 0. The number of nitrogens with zero attached hydrogens (tertiary/aromatic N) is 2. The summed E-state index contributed by atoms with van der Waals surface area (Å²) in [5, 5.41) is 10.6. The molecule has 0 saturated heterocycles. The maximum Gasteiger partial charge on any atom is 0.343 e. The number of aliphatic imine (C=N–C) groups is 1. The Morgan fingerprint density at radius 2 is 1.71 bits per heavy atom. The van der Waals surface area contributed by atoms with E-state index in [0.29, 0.717) is 21.9 Å². The summed E-state index contributed by atoms with van der Waals surface area (Å²) in [6, 6.07) is 13.3. The molecular weight excluding hydrogens is 288 g/mol. The van der Waals surface area contributed by atoms with Gasteiger partial charge in [0, 0.05) is 30.2 Å². The van der Waals surface area contributed by atoms with Crippen LogP contribution in [0.15, 0.2) is 53.5 Å². The molecule has 0 atom stereocenters. The molecule has 1 N–H and O–H groups in total. The lowest BCUT2D eigenvalue weighted by molar-refractivity contribution is 0.227. The SMILES string of the molecule is CN(C)C(=O)/N=C(\c1ccc(Cl)cc1)c1ccccc1O. The van der Waals surface area contributed by atoms with E-state index in [1.807, 2.05) is 0 Å². The molecule has 0 saturated carbocycles. The molecule has 108 valence electrons. The maximum absolute atomic E-state index is 11.9. The van der Waals surface area contributed by atoms with E-state index >= 15 is 0 Å². The van der Waals surface area contributed by atoms with Crippen LogP contribution in [0.4, 0.5) is 4.79 Å². The van der Waals surface area contributed by atoms with Gasteiger partial charge in [-0.15, -0.1) is 0 Å². The van der Waals surface area contributed by atoms with Gasteiger partial charge in [-0.2, -0.15) is 4.99 Å². The second-order valence-corrected chi connectivity index (χ2v) is 5.10. The van der Waals surface area contributed by atoms with Crippen molar-refractivity contribution >= 4 is 23.3 Å². The molecule has 0 fully saturated rings. The number of phenols is 1. The fourth-order valence-corrected chi connectivity index (χ4v) is 1.88. The van der Waals surface area contributed by atoms with Crippen LogP contribution >= 0.6 is 11.6 Å². The third-order valence-corrected chi connectivity index (χ3v) is 3.12. The molecule has 21 heavy (non-hydrogen) atoms. The summed E-state index contributed by atoms with van der Waals surface area (Å²) >= 11 is 5.89. The summed E-state index contributed by atoms with van der Waals surface area (Å²) in [5.74, 6) is 0.0674. The second kappa shape index (κ2) is 6.41. The fourth-order valence-electron chi connectivity index (χ4n) is 1.76. The molecule has 2 amide bonds. The molecule has 0 unspecified atom stereocenters. The minimum Gasteiger partial charge on any atom is -0.507 e. The first-order valence-corrected chi connectivity index (χ1v) is 6.71. The quantitative estimate of drug-likeness (QED) is 0.862. The lowest BCUT2D eigenvalue weighted by Crippen LogP contribution is -2.20. The molecule has 0 spiro atoms. The second-order valence-electron chi connectivity index (χ2n) is 4.66. The highest BCUT2D eigenvalue weighted by molar-refractivity contribution is 6.30. The van der Waals surface area contributed by atoms with Crippen molar-refractivity contribution in [3.63, 3.8) is 0 Å². The number of rotatable bonds is 2. The number of halogens is 1. The summed E-state index contributed by atoms with van der Waals surface area (Å²) < 4.78 is 0. The molecule has 0 aromatic heterocycles. The lowest BCUT2D eigenvalue weighted by Gasteiger charge is -2.11. The zero-order valence-corrected chi connectivity index (χ0v) is 12.5. The van der Waals surface area contributed by atoms with Gasteiger partial charge in [-0.3, -0.25) is 0 Å². The number of hydrogen-bond donors (Lipinski definition) is 1. The Labute approximate surface area is 128 Å². The Morgan fingerprint density at radius 3 is 2.29 bits per heavy atom. The molecule has 0 aliphatic rings. The first-order chi connectivity index (χ1) is 9.99. The van der Waals surface area contributed by atoms with Gasteiger partial charge in [-0.05, 0) is 24.3 Å². The smallest absolute Gasteiger partial charge is 0.343 e. The molecule has 0 aliphatic heterocycles. The topological polar surface area (TPSA) is 52.9 Å². The van der Waals surface area contributed by atoms with Crippen molar-refractivity contribution < 1.29 is 9.90 Å². The van der Waals surface area contributed by atoms with Crippen molar-refractivity contribution in [2.75, 3.05) is 14.1 Å². The number of hydrogen-bond acceptors (Lipinski definition) is 2. The van der Waals surface area contributed by atoms with Crippen molar-refractivity contribution in [1.29, 1.82) is 0 Å². The summed E-state index contributed by atoms with van der Waals surface area (Å²) in [7, 11) is 3.24. The van der Waals surface area contributed by atoms with E-state index in [-0.39, 0.29) is 5.75 Å². The van der Waals surface area contributed by atoms with Gasteiger partial charge in [0.05, 0.1) is 5.71 Å². The zero-order chi connectivity index (χ0) is 15.4. The van der Waals surface area contributed by atoms with Gasteiger partial charge in [0.15, 0.2) is 0 Å². The highest BCUT2D eigenvalue weighted by atomic mass is 35.5. The Bertz CT molecular complexity index is 679. The van der Waals surface area contributed by atoms with E-state index in [1.165, 1.54) is 4.90 Å². The van der Waals surface area contributed by atoms with Crippen molar-refractivity contribution in [3.05, 3.63) is 64.7 Å². The monoisotopic (exact) mass is 302 g/mol. The number of aromatic hydroxyl groups is 1. The first kappa shape index (κ1) is 15.1. The molecule has 0 heterocycles. The molecule has 0 aliphatic carbocycles. The largest absolute Gasteiger partial charge is 0.507 e. The average molecular weight is 303 g/mol. The number of urea groups is 1. The van der Waals surface area contributed by atoms with Crippen molar-refractivity contribution in [3.8, 4) is 5.75 Å². The summed E-state index contributed by atoms with van der Waals surface area (Å²) in [5.41, 5.74) is 1.61. The highest BCUT2D eigenvalue weighted by Crippen LogP contribution is 2.22. The molecule has 2 aromatic carbocycles. The van der Waals surface area contributed by atoms with Crippen LogP contribution in [-0.2, 0) is 0 Å². The third-order valence-electron chi connectivity index (χ3n) is 2.87. The van der Waals surface area contributed by atoms with Crippen molar-refractivity contribution in [2.24, 2.45) is 4.99 Å². The first-order valence-electron chi connectivity index (χ1n) is 6.33. The number of carbonyl (C=O) groups excluding carboxylic acids is 1. The number of para-hydroxylation sites is 1. The molecule has 0 bridgehead atoms. The van der Waals surface area contributed by atoms with Crippen molar-refractivity contribution in [1.82, 2.24) is 4.90 Å². The van der Waals surface area contributed by atoms with Crippen LogP contribution in [0.3, 0.4) is 0 Å². The van der Waals surface area contributed by atoms with E-state index in [0.717, 1.165) is 0 Å². The van der Waals surface area contributed by atoms with Gasteiger partial charge in [0.25, 0.3) is 0 Å². The predicted octanol–water partition coefficient (Wildman–Crippen LogP) is 3.56. The minimum absolute atomic E-state index is 0.0674. The average Bonchev–Trinajstić information content (AvgIpc) is 2.46. The third kappa shape index (κ3) is 3.61.